The predicted molar refractivity (Wildman–Crippen MR) is 62.9 cm³/mol. The van der Waals surface area contributed by atoms with Crippen LogP contribution >= 0.6 is 0 Å². The average molecular weight is 219 g/mol. The van der Waals surface area contributed by atoms with Crippen LogP contribution in [0.15, 0.2) is 18.3 Å². The Labute approximate surface area is 95.3 Å². The first kappa shape index (κ1) is 11.1. The molecule has 1 unspecified atom stereocenters. The Morgan fingerprint density at radius 2 is 2.44 bits per heavy atom. The van der Waals surface area contributed by atoms with Gasteiger partial charge in [-0.2, -0.15) is 0 Å². The number of nitrogens with two attached hydrogens (primary N) is 1. The minimum absolute atomic E-state index is 0.00372. The standard InChI is InChI=1S/C12H17N3O/c1-8-3-2-6-14-12(8)15-11(16)7-10(13)9-4-5-9/h2-3,6,9-10H,4-5,7,13H2,1H3,(H,14,15,16). The van der Waals surface area contributed by atoms with E-state index in [9.17, 15) is 4.79 Å². The molecule has 1 heterocycles. The normalized spacial score (nSPS) is 16.9. The van der Waals surface area contributed by atoms with Crippen molar-refractivity contribution >= 4 is 11.7 Å². The predicted octanol–water partition coefficient (Wildman–Crippen LogP) is 1.46. The maximum absolute atomic E-state index is 11.7. The van der Waals surface area contributed by atoms with Crippen LogP contribution in [0.4, 0.5) is 5.82 Å². The lowest BCUT2D eigenvalue weighted by Crippen LogP contribution is -2.29. The first-order valence-corrected chi connectivity index (χ1v) is 5.64. The average Bonchev–Trinajstić information content (AvgIpc) is 3.04. The SMILES string of the molecule is Cc1cccnc1NC(=O)CC(N)C1CC1. The van der Waals surface area contributed by atoms with Crippen molar-refractivity contribution in [3.8, 4) is 0 Å². The number of carbonyl (C=O) groups excluding carboxylic acids is 1. The van der Waals surface area contributed by atoms with Gasteiger partial charge in [0.25, 0.3) is 0 Å². The van der Waals surface area contributed by atoms with E-state index in [1.807, 2.05) is 19.1 Å². The number of nitrogens with one attached hydrogen (secondary N) is 1. The van der Waals surface area contributed by atoms with Crippen molar-refractivity contribution in [2.24, 2.45) is 11.7 Å². The van der Waals surface area contributed by atoms with Gasteiger partial charge in [-0.1, -0.05) is 6.07 Å². The van der Waals surface area contributed by atoms with Gasteiger partial charge in [0, 0.05) is 18.7 Å². The molecular formula is C12H17N3O. The highest BCUT2D eigenvalue weighted by atomic mass is 16.1. The van der Waals surface area contributed by atoms with Crippen LogP contribution in [0.2, 0.25) is 0 Å². The van der Waals surface area contributed by atoms with Crippen molar-refractivity contribution in [2.45, 2.75) is 32.2 Å². The molecule has 16 heavy (non-hydrogen) atoms. The number of anilines is 1. The Morgan fingerprint density at radius 3 is 3.06 bits per heavy atom. The van der Waals surface area contributed by atoms with Crippen molar-refractivity contribution in [2.75, 3.05) is 5.32 Å². The molecule has 0 saturated heterocycles. The van der Waals surface area contributed by atoms with Crippen molar-refractivity contribution < 1.29 is 4.79 Å². The fraction of sp³-hybridized carbons (Fsp3) is 0.500. The van der Waals surface area contributed by atoms with Gasteiger partial charge in [0.05, 0.1) is 0 Å². The molecule has 1 aliphatic rings. The molecule has 0 spiro atoms. The number of hydrogen-bond donors (Lipinski definition) is 2. The Hall–Kier alpha value is -1.42. The molecule has 4 nitrogen and oxygen atoms in total. The van der Waals surface area contributed by atoms with Gasteiger partial charge >= 0.3 is 0 Å². The van der Waals surface area contributed by atoms with Crippen LogP contribution in [0.3, 0.4) is 0 Å². The molecule has 0 aromatic carbocycles. The second kappa shape index (κ2) is 4.61. The fourth-order valence-electron chi connectivity index (χ4n) is 1.70. The highest BCUT2D eigenvalue weighted by Crippen LogP contribution is 2.32. The lowest BCUT2D eigenvalue weighted by atomic mass is 10.1. The van der Waals surface area contributed by atoms with Crippen LogP contribution in [0, 0.1) is 12.8 Å². The van der Waals surface area contributed by atoms with Gasteiger partial charge in [0.2, 0.25) is 5.91 Å². The number of aryl methyl sites for hydroxylation is 1. The zero-order valence-electron chi connectivity index (χ0n) is 9.44. The molecule has 0 bridgehead atoms. The number of pyridine rings is 1. The van der Waals surface area contributed by atoms with Gasteiger partial charge in [-0.25, -0.2) is 4.98 Å². The van der Waals surface area contributed by atoms with E-state index in [4.69, 9.17) is 5.73 Å². The molecule has 2 rings (SSSR count). The largest absolute Gasteiger partial charge is 0.327 e. The number of aromatic nitrogens is 1. The number of rotatable bonds is 4. The highest BCUT2D eigenvalue weighted by Gasteiger charge is 2.29. The summed E-state index contributed by atoms with van der Waals surface area (Å²) in [5, 5.41) is 2.79. The molecule has 3 N–H and O–H groups in total. The van der Waals surface area contributed by atoms with Crippen molar-refractivity contribution in [1.29, 1.82) is 0 Å². The lowest BCUT2D eigenvalue weighted by molar-refractivity contribution is -0.116. The second-order valence-corrected chi connectivity index (χ2v) is 4.42. The molecule has 1 saturated carbocycles. The summed E-state index contributed by atoms with van der Waals surface area (Å²) in [6.45, 7) is 1.92. The van der Waals surface area contributed by atoms with Gasteiger partial charge < -0.3 is 11.1 Å². The third-order valence-electron chi connectivity index (χ3n) is 2.92. The molecule has 1 amide bonds. The smallest absolute Gasteiger partial charge is 0.227 e. The van der Waals surface area contributed by atoms with E-state index in [1.54, 1.807) is 6.20 Å². The summed E-state index contributed by atoms with van der Waals surface area (Å²) in [7, 11) is 0. The van der Waals surface area contributed by atoms with Crippen molar-refractivity contribution in [3.63, 3.8) is 0 Å². The van der Waals surface area contributed by atoms with Gasteiger partial charge in [-0.3, -0.25) is 4.79 Å². The molecule has 4 heteroatoms. The van der Waals surface area contributed by atoms with Gasteiger partial charge in [-0.05, 0) is 37.3 Å². The summed E-state index contributed by atoms with van der Waals surface area (Å²) in [5.74, 6) is 1.15. The maximum atomic E-state index is 11.7. The summed E-state index contributed by atoms with van der Waals surface area (Å²) >= 11 is 0. The molecule has 0 aliphatic heterocycles. The quantitative estimate of drug-likeness (QED) is 0.805. The summed E-state index contributed by atoms with van der Waals surface area (Å²) in [6, 6.07) is 3.77. The molecule has 86 valence electrons. The van der Waals surface area contributed by atoms with E-state index in [0.29, 0.717) is 18.2 Å². The molecule has 1 aromatic rings. The summed E-state index contributed by atoms with van der Waals surface area (Å²) in [5.41, 5.74) is 6.86. The number of hydrogen-bond acceptors (Lipinski definition) is 3. The van der Waals surface area contributed by atoms with Crippen molar-refractivity contribution in [3.05, 3.63) is 23.9 Å². The highest BCUT2D eigenvalue weighted by molar-refractivity contribution is 5.90. The van der Waals surface area contributed by atoms with E-state index < -0.39 is 0 Å². The minimum Gasteiger partial charge on any atom is -0.327 e. The summed E-state index contributed by atoms with van der Waals surface area (Å²) in [4.78, 5) is 15.8. The van der Waals surface area contributed by atoms with Gasteiger partial charge in [0.15, 0.2) is 0 Å². The zero-order chi connectivity index (χ0) is 11.5. The molecule has 0 radical (unpaired) electrons. The van der Waals surface area contributed by atoms with Gasteiger partial charge in [-0.15, -0.1) is 0 Å². The molecule has 1 atom stereocenters. The third kappa shape index (κ3) is 2.79. The fourth-order valence-corrected chi connectivity index (χ4v) is 1.70. The monoisotopic (exact) mass is 219 g/mol. The second-order valence-electron chi connectivity index (χ2n) is 4.42. The van der Waals surface area contributed by atoms with Crippen LogP contribution in [-0.2, 0) is 4.79 Å². The molecule has 1 aromatic heterocycles. The Bertz CT molecular complexity index is 388. The lowest BCUT2D eigenvalue weighted by Gasteiger charge is -2.11. The Kier molecular flexibility index (Phi) is 3.19. The Morgan fingerprint density at radius 1 is 1.69 bits per heavy atom. The topological polar surface area (TPSA) is 68.0 Å². The van der Waals surface area contributed by atoms with Gasteiger partial charge in [0.1, 0.15) is 5.82 Å². The van der Waals surface area contributed by atoms with Crippen LogP contribution in [0.25, 0.3) is 0 Å². The van der Waals surface area contributed by atoms with E-state index in [2.05, 4.69) is 10.3 Å². The molecule has 1 fully saturated rings. The minimum atomic E-state index is -0.0406. The number of nitrogens with zero attached hydrogens (tertiary/aromatic N) is 1. The van der Waals surface area contributed by atoms with E-state index in [-0.39, 0.29) is 11.9 Å². The van der Waals surface area contributed by atoms with E-state index in [0.717, 1.165) is 18.4 Å². The van der Waals surface area contributed by atoms with E-state index >= 15 is 0 Å². The first-order valence-electron chi connectivity index (χ1n) is 5.64. The van der Waals surface area contributed by atoms with Crippen LogP contribution < -0.4 is 11.1 Å². The third-order valence-corrected chi connectivity index (χ3v) is 2.92. The number of amides is 1. The molecule has 1 aliphatic carbocycles. The first-order chi connectivity index (χ1) is 7.66. The van der Waals surface area contributed by atoms with Crippen LogP contribution in [-0.4, -0.2) is 16.9 Å². The Balaban J connectivity index is 1.89. The maximum Gasteiger partial charge on any atom is 0.227 e. The van der Waals surface area contributed by atoms with Crippen molar-refractivity contribution in [1.82, 2.24) is 4.98 Å². The number of carbonyl (C=O) groups is 1. The molecular weight excluding hydrogens is 202 g/mol. The summed E-state index contributed by atoms with van der Waals surface area (Å²) < 4.78 is 0. The zero-order valence-corrected chi connectivity index (χ0v) is 9.44. The summed E-state index contributed by atoms with van der Waals surface area (Å²) in [6.07, 6.45) is 4.39. The van der Waals surface area contributed by atoms with E-state index in [1.165, 1.54) is 0 Å². The van der Waals surface area contributed by atoms with Crippen LogP contribution in [0.5, 0.6) is 0 Å². The van der Waals surface area contributed by atoms with Crippen LogP contribution in [0.1, 0.15) is 24.8 Å².